The monoisotopic (exact) mass is 507 g/mol. The summed E-state index contributed by atoms with van der Waals surface area (Å²) in [6, 6.07) is 6.91. The fourth-order valence-corrected chi connectivity index (χ4v) is 5.54. The molecule has 0 radical (unpaired) electrons. The van der Waals surface area contributed by atoms with Crippen LogP contribution in [0.4, 0.5) is 5.69 Å². The maximum absolute atomic E-state index is 13.4. The molecule has 0 spiro atoms. The summed E-state index contributed by atoms with van der Waals surface area (Å²) < 4.78 is 28.9. The van der Waals surface area contributed by atoms with Crippen LogP contribution in [0.25, 0.3) is 11.0 Å². The highest BCUT2D eigenvalue weighted by atomic mass is 35.5. The Kier molecular flexibility index (Phi) is 6.67. The fourth-order valence-electron chi connectivity index (χ4n) is 3.69. The van der Waals surface area contributed by atoms with Gasteiger partial charge in [-0.1, -0.05) is 40.9 Å². The topological polar surface area (TPSA) is 121 Å². The van der Waals surface area contributed by atoms with E-state index in [9.17, 15) is 13.2 Å². The van der Waals surface area contributed by atoms with E-state index < -0.39 is 16.1 Å². The summed E-state index contributed by atoms with van der Waals surface area (Å²) in [6.45, 7) is 2.97. The summed E-state index contributed by atoms with van der Waals surface area (Å²) >= 11 is 12.1. The minimum atomic E-state index is -4.12. The Morgan fingerprint density at radius 2 is 2.00 bits per heavy atom. The largest absolute Gasteiger partial charge is 0.396 e. The number of fused-ring (bicyclic) bond motifs is 1. The molecule has 0 saturated heterocycles. The fraction of sp³-hybridized carbons (Fsp3) is 0.273. The summed E-state index contributed by atoms with van der Waals surface area (Å²) in [5, 5.41) is 0.0409. The highest BCUT2D eigenvalue weighted by Crippen LogP contribution is 2.31. The number of rotatable bonds is 6. The molecular formula is C22H23Cl2N5O3S. The molecule has 4 rings (SSSR count). The Bertz CT molecular complexity index is 1330. The van der Waals surface area contributed by atoms with E-state index >= 15 is 0 Å². The van der Waals surface area contributed by atoms with Gasteiger partial charge in [0, 0.05) is 13.1 Å². The van der Waals surface area contributed by atoms with E-state index in [4.69, 9.17) is 28.9 Å². The third kappa shape index (κ3) is 5.16. The molecule has 0 bridgehead atoms. The second kappa shape index (κ2) is 9.34. The molecule has 1 unspecified atom stereocenters. The molecule has 2 aromatic carbocycles. The minimum Gasteiger partial charge on any atom is -0.396 e. The molecule has 2 heterocycles. The number of hydrogen-bond acceptors (Lipinski definition) is 5. The van der Waals surface area contributed by atoms with E-state index in [0.717, 1.165) is 23.0 Å². The number of halogens is 2. The van der Waals surface area contributed by atoms with E-state index in [0.29, 0.717) is 13.1 Å². The van der Waals surface area contributed by atoms with Crippen LogP contribution in [-0.2, 0) is 21.2 Å². The first-order chi connectivity index (χ1) is 15.6. The number of imidazole rings is 1. The van der Waals surface area contributed by atoms with Gasteiger partial charge in [-0.15, -0.1) is 0 Å². The van der Waals surface area contributed by atoms with Crippen molar-refractivity contribution in [3.63, 3.8) is 0 Å². The second-order valence-electron chi connectivity index (χ2n) is 8.02. The molecule has 0 aliphatic carbocycles. The number of carbonyl (C=O) groups is 1. The van der Waals surface area contributed by atoms with Gasteiger partial charge >= 0.3 is 0 Å². The average molecular weight is 508 g/mol. The maximum atomic E-state index is 13.4. The number of aromatic nitrogens is 2. The van der Waals surface area contributed by atoms with Crippen molar-refractivity contribution >= 4 is 55.9 Å². The van der Waals surface area contributed by atoms with Gasteiger partial charge in [-0.3, -0.25) is 4.79 Å². The lowest BCUT2D eigenvalue weighted by Crippen LogP contribution is -2.50. The first kappa shape index (κ1) is 23.6. The van der Waals surface area contributed by atoms with Crippen LogP contribution in [0.3, 0.4) is 0 Å². The van der Waals surface area contributed by atoms with Crippen molar-refractivity contribution < 1.29 is 13.2 Å². The van der Waals surface area contributed by atoms with Crippen LogP contribution >= 0.6 is 23.2 Å². The van der Waals surface area contributed by atoms with Crippen LogP contribution < -0.4 is 10.5 Å². The molecule has 1 aliphatic heterocycles. The van der Waals surface area contributed by atoms with E-state index in [1.54, 1.807) is 11.2 Å². The number of amides is 1. The number of H-pyrrole nitrogens is 1. The van der Waals surface area contributed by atoms with Crippen LogP contribution in [0.2, 0.25) is 10.0 Å². The zero-order valence-electron chi connectivity index (χ0n) is 17.8. The molecule has 4 N–H and O–H groups in total. The Hall–Kier alpha value is -2.59. The van der Waals surface area contributed by atoms with Crippen molar-refractivity contribution in [2.24, 2.45) is 0 Å². The molecule has 0 saturated carbocycles. The van der Waals surface area contributed by atoms with Crippen molar-refractivity contribution in [1.29, 1.82) is 0 Å². The normalized spacial score (nSPS) is 15.5. The third-order valence-electron chi connectivity index (χ3n) is 5.63. The molecule has 174 valence electrons. The lowest BCUT2D eigenvalue weighted by molar-refractivity contribution is -0.132. The van der Waals surface area contributed by atoms with E-state index in [1.165, 1.54) is 17.7 Å². The number of carbonyl (C=O) groups excluding carboxylic acids is 1. The summed E-state index contributed by atoms with van der Waals surface area (Å²) in [5.41, 5.74) is 9.40. The number of aromatic amines is 1. The Morgan fingerprint density at radius 3 is 2.67 bits per heavy atom. The molecule has 1 aromatic heterocycles. The Balaban J connectivity index is 1.66. The standard InChI is InChI=1S/C22H23Cl2N5O3S/c1-13-4-6-29(7-5-13)22(30)20(9-14-2-3-18-19(8-14)27-12-26-18)28-33(31,32)15-10-16(23)21(25)17(24)11-15/h2-4,8,10-12,20,28H,5-7,9,25H2,1H3,(H,26,27). The predicted molar refractivity (Wildman–Crippen MR) is 130 cm³/mol. The first-order valence-corrected chi connectivity index (χ1v) is 12.5. The number of nitrogen functional groups attached to an aromatic ring is 1. The van der Waals surface area contributed by atoms with Crippen LogP contribution in [0.5, 0.6) is 0 Å². The summed E-state index contributed by atoms with van der Waals surface area (Å²) in [5.74, 6) is -0.306. The third-order valence-corrected chi connectivity index (χ3v) is 7.71. The molecule has 1 aliphatic rings. The van der Waals surface area contributed by atoms with Gasteiger partial charge in [-0.25, -0.2) is 13.4 Å². The maximum Gasteiger partial charge on any atom is 0.241 e. The highest BCUT2D eigenvalue weighted by Gasteiger charge is 2.30. The lowest BCUT2D eigenvalue weighted by atomic mass is 10.0. The molecule has 8 nitrogen and oxygen atoms in total. The molecule has 1 amide bonds. The summed E-state index contributed by atoms with van der Waals surface area (Å²) in [4.78, 5) is 22.1. The van der Waals surface area contributed by atoms with Gasteiger partial charge in [-0.05, 0) is 49.6 Å². The smallest absolute Gasteiger partial charge is 0.241 e. The van der Waals surface area contributed by atoms with Crippen molar-refractivity contribution in [3.8, 4) is 0 Å². The highest BCUT2D eigenvalue weighted by molar-refractivity contribution is 7.89. The molecule has 11 heteroatoms. The first-order valence-electron chi connectivity index (χ1n) is 10.3. The predicted octanol–water partition coefficient (Wildman–Crippen LogP) is 3.52. The van der Waals surface area contributed by atoms with Crippen LogP contribution in [-0.4, -0.2) is 48.3 Å². The number of nitrogens with two attached hydrogens (primary N) is 1. The number of sulfonamides is 1. The minimum absolute atomic E-state index is 0.0205. The lowest BCUT2D eigenvalue weighted by Gasteiger charge is -2.30. The number of benzene rings is 2. The van der Waals surface area contributed by atoms with Gasteiger partial charge in [0.1, 0.15) is 6.04 Å². The molecule has 1 atom stereocenters. The van der Waals surface area contributed by atoms with Crippen molar-refractivity contribution in [1.82, 2.24) is 19.6 Å². The van der Waals surface area contributed by atoms with Gasteiger partial charge in [0.05, 0.1) is 38.0 Å². The molecule has 0 fully saturated rings. The van der Waals surface area contributed by atoms with Gasteiger partial charge in [-0.2, -0.15) is 4.72 Å². The molecule has 3 aromatic rings. The Labute approximate surface area is 201 Å². The molecular weight excluding hydrogens is 485 g/mol. The van der Waals surface area contributed by atoms with Gasteiger partial charge in [0.25, 0.3) is 0 Å². The van der Waals surface area contributed by atoms with E-state index in [-0.39, 0.29) is 33.0 Å². The number of nitrogens with one attached hydrogen (secondary N) is 2. The second-order valence-corrected chi connectivity index (χ2v) is 10.5. The van der Waals surface area contributed by atoms with E-state index in [1.807, 2.05) is 31.2 Å². The van der Waals surface area contributed by atoms with Gasteiger partial charge in [0.2, 0.25) is 15.9 Å². The number of hydrogen-bond donors (Lipinski definition) is 3. The van der Waals surface area contributed by atoms with Gasteiger partial charge < -0.3 is 15.6 Å². The quantitative estimate of drug-likeness (QED) is 0.348. The summed E-state index contributed by atoms with van der Waals surface area (Å²) in [7, 11) is -4.12. The zero-order valence-corrected chi connectivity index (χ0v) is 20.1. The molecule has 33 heavy (non-hydrogen) atoms. The van der Waals surface area contributed by atoms with Crippen LogP contribution in [0.15, 0.2) is 53.2 Å². The zero-order chi connectivity index (χ0) is 23.8. The summed E-state index contributed by atoms with van der Waals surface area (Å²) in [6.07, 6.45) is 4.46. The van der Waals surface area contributed by atoms with Crippen molar-refractivity contribution in [3.05, 3.63) is 63.9 Å². The van der Waals surface area contributed by atoms with Gasteiger partial charge in [0.15, 0.2) is 0 Å². The Morgan fingerprint density at radius 1 is 1.27 bits per heavy atom. The van der Waals surface area contributed by atoms with Crippen LogP contribution in [0.1, 0.15) is 18.9 Å². The van der Waals surface area contributed by atoms with E-state index in [2.05, 4.69) is 14.7 Å². The van der Waals surface area contributed by atoms with Crippen molar-refractivity contribution in [2.75, 3.05) is 18.8 Å². The average Bonchev–Trinajstić information content (AvgIpc) is 3.24. The number of anilines is 1. The van der Waals surface area contributed by atoms with Crippen LogP contribution in [0, 0.1) is 0 Å². The van der Waals surface area contributed by atoms with Crippen molar-refractivity contribution in [2.45, 2.75) is 30.7 Å². The SMILES string of the molecule is CC1=CCN(C(=O)C(Cc2ccc3nc[nH]c3c2)NS(=O)(=O)c2cc(Cl)c(N)c(Cl)c2)CC1. The number of nitrogens with zero attached hydrogens (tertiary/aromatic N) is 2.